The summed E-state index contributed by atoms with van der Waals surface area (Å²) in [4.78, 5) is 16.3. The van der Waals surface area contributed by atoms with Crippen molar-refractivity contribution in [1.82, 2.24) is 9.88 Å². The summed E-state index contributed by atoms with van der Waals surface area (Å²) < 4.78 is 0. The number of hydrogen-bond donors (Lipinski definition) is 0. The average Bonchev–Trinajstić information content (AvgIpc) is 2.29. The molecule has 0 radical (unpaired) electrons. The van der Waals surface area contributed by atoms with Crippen molar-refractivity contribution in [3.63, 3.8) is 0 Å². The highest BCUT2D eigenvalue weighted by atomic mass is 35.5. The van der Waals surface area contributed by atoms with E-state index in [1.54, 1.807) is 6.20 Å². The van der Waals surface area contributed by atoms with Crippen molar-refractivity contribution in [1.29, 1.82) is 0 Å². The molecule has 1 aromatic heterocycles. The molecule has 0 saturated carbocycles. The molecule has 1 fully saturated rings. The maximum Gasteiger partial charge on any atom is 0.209 e. The number of nitrogens with zero attached hydrogens (tertiary/aromatic N) is 2. The molecule has 1 aliphatic rings. The summed E-state index contributed by atoms with van der Waals surface area (Å²) >= 11 is 5.84. The molecule has 0 aromatic carbocycles. The molecule has 0 spiro atoms. The Morgan fingerprint density at radius 2 is 2.20 bits per heavy atom. The van der Waals surface area contributed by atoms with Gasteiger partial charge in [-0.05, 0) is 36.5 Å². The lowest BCUT2D eigenvalue weighted by Crippen LogP contribution is -2.31. The van der Waals surface area contributed by atoms with Gasteiger partial charge in [-0.3, -0.25) is 4.79 Å². The molecule has 80 valence electrons. The summed E-state index contributed by atoms with van der Waals surface area (Å²) in [6.07, 6.45) is 4.69. The third-order valence-corrected chi connectivity index (χ3v) is 3.11. The number of piperidine rings is 1. The number of amides is 1. The number of carbonyl (C=O) groups excluding carboxylic acids is 1. The number of likely N-dealkylation sites (tertiary alicyclic amines) is 1. The monoisotopic (exact) mass is 224 g/mol. The number of hydrogen-bond acceptors (Lipinski definition) is 2. The van der Waals surface area contributed by atoms with E-state index in [2.05, 4.69) is 4.98 Å². The molecular formula is C11H13ClN2O. The van der Waals surface area contributed by atoms with Crippen LogP contribution in [0.2, 0.25) is 5.15 Å². The average molecular weight is 225 g/mol. The lowest BCUT2D eigenvalue weighted by Gasteiger charge is -2.29. The first-order valence-corrected chi connectivity index (χ1v) is 5.48. The molecular weight excluding hydrogens is 212 g/mol. The summed E-state index contributed by atoms with van der Waals surface area (Å²) in [7, 11) is 0. The van der Waals surface area contributed by atoms with E-state index in [1.807, 2.05) is 17.0 Å². The van der Waals surface area contributed by atoms with Gasteiger partial charge in [0, 0.05) is 19.3 Å². The molecule has 0 aliphatic carbocycles. The Kier molecular flexibility index (Phi) is 3.21. The van der Waals surface area contributed by atoms with Crippen molar-refractivity contribution in [3.8, 4) is 0 Å². The third kappa shape index (κ3) is 2.48. The second kappa shape index (κ2) is 4.62. The minimum Gasteiger partial charge on any atom is -0.345 e. The molecule has 1 aliphatic heterocycles. The molecule has 0 atom stereocenters. The number of rotatable bonds is 2. The quantitative estimate of drug-likeness (QED) is 0.569. The van der Waals surface area contributed by atoms with E-state index < -0.39 is 0 Å². The summed E-state index contributed by atoms with van der Waals surface area (Å²) in [5, 5.41) is 0.547. The van der Waals surface area contributed by atoms with Crippen molar-refractivity contribution in [2.45, 2.75) is 18.8 Å². The topological polar surface area (TPSA) is 33.2 Å². The second-order valence-electron chi connectivity index (χ2n) is 3.83. The van der Waals surface area contributed by atoms with E-state index in [4.69, 9.17) is 11.6 Å². The zero-order valence-corrected chi connectivity index (χ0v) is 9.15. The predicted octanol–water partition coefficient (Wildman–Crippen LogP) is 2.07. The maximum absolute atomic E-state index is 10.6. The maximum atomic E-state index is 10.6. The Bertz CT molecular complexity index is 348. The molecule has 1 saturated heterocycles. The number of carbonyl (C=O) groups is 1. The van der Waals surface area contributed by atoms with Gasteiger partial charge in [0.2, 0.25) is 6.41 Å². The van der Waals surface area contributed by atoms with Crippen LogP contribution in [0.15, 0.2) is 18.3 Å². The Morgan fingerprint density at radius 1 is 1.47 bits per heavy atom. The Balaban J connectivity index is 2.04. The van der Waals surface area contributed by atoms with E-state index in [0.29, 0.717) is 11.1 Å². The molecule has 4 heteroatoms. The fourth-order valence-corrected chi connectivity index (χ4v) is 2.19. The first-order chi connectivity index (χ1) is 7.29. The Morgan fingerprint density at radius 3 is 2.80 bits per heavy atom. The van der Waals surface area contributed by atoms with E-state index in [0.717, 1.165) is 32.3 Å². The Labute approximate surface area is 94.1 Å². The fraction of sp³-hybridized carbons (Fsp3) is 0.455. The van der Waals surface area contributed by atoms with E-state index >= 15 is 0 Å². The van der Waals surface area contributed by atoms with Crippen LogP contribution in [0.3, 0.4) is 0 Å². The first kappa shape index (κ1) is 10.4. The van der Waals surface area contributed by atoms with Gasteiger partial charge in [0.1, 0.15) is 5.15 Å². The minimum atomic E-state index is 0.515. The van der Waals surface area contributed by atoms with Gasteiger partial charge in [0.15, 0.2) is 0 Å². The largest absolute Gasteiger partial charge is 0.345 e. The van der Waals surface area contributed by atoms with Gasteiger partial charge >= 0.3 is 0 Å². The van der Waals surface area contributed by atoms with Crippen LogP contribution in [-0.2, 0) is 4.79 Å². The molecule has 0 N–H and O–H groups in total. The molecule has 1 aromatic rings. The third-order valence-electron chi connectivity index (χ3n) is 2.90. The highest BCUT2D eigenvalue weighted by Gasteiger charge is 2.19. The van der Waals surface area contributed by atoms with Crippen molar-refractivity contribution in [3.05, 3.63) is 29.0 Å². The summed E-state index contributed by atoms with van der Waals surface area (Å²) in [5.74, 6) is 0.515. The van der Waals surface area contributed by atoms with E-state index in [1.165, 1.54) is 5.56 Å². The summed E-state index contributed by atoms with van der Waals surface area (Å²) in [6.45, 7) is 1.68. The van der Waals surface area contributed by atoms with Crippen LogP contribution >= 0.6 is 11.6 Å². The molecule has 0 bridgehead atoms. The number of pyridine rings is 1. The van der Waals surface area contributed by atoms with Crippen molar-refractivity contribution >= 4 is 18.0 Å². The van der Waals surface area contributed by atoms with E-state index in [-0.39, 0.29) is 0 Å². The first-order valence-electron chi connectivity index (χ1n) is 5.10. The van der Waals surface area contributed by atoms with Crippen LogP contribution in [0.25, 0.3) is 0 Å². The number of halogens is 1. The Hall–Kier alpha value is -1.09. The number of aromatic nitrogens is 1. The smallest absolute Gasteiger partial charge is 0.209 e. The standard InChI is InChI=1S/C11H13ClN2O/c12-11-7-10(1-4-13-11)9-2-5-14(8-15)6-3-9/h1,4,7-9H,2-3,5-6H2. The van der Waals surface area contributed by atoms with Gasteiger partial charge in [-0.25, -0.2) is 4.98 Å². The summed E-state index contributed by atoms with van der Waals surface area (Å²) in [6, 6.07) is 3.93. The fourth-order valence-electron chi connectivity index (χ4n) is 2.01. The van der Waals surface area contributed by atoms with Gasteiger partial charge < -0.3 is 4.90 Å². The van der Waals surface area contributed by atoms with Gasteiger partial charge in [-0.15, -0.1) is 0 Å². The zero-order chi connectivity index (χ0) is 10.7. The highest BCUT2D eigenvalue weighted by Crippen LogP contribution is 2.28. The van der Waals surface area contributed by atoms with Crippen LogP contribution in [0, 0.1) is 0 Å². The highest BCUT2D eigenvalue weighted by molar-refractivity contribution is 6.29. The zero-order valence-electron chi connectivity index (χ0n) is 8.40. The van der Waals surface area contributed by atoms with Gasteiger partial charge in [-0.1, -0.05) is 11.6 Å². The van der Waals surface area contributed by atoms with E-state index in [9.17, 15) is 4.79 Å². The second-order valence-corrected chi connectivity index (χ2v) is 4.21. The van der Waals surface area contributed by atoms with Crippen molar-refractivity contribution in [2.75, 3.05) is 13.1 Å². The van der Waals surface area contributed by atoms with Crippen LogP contribution in [0.4, 0.5) is 0 Å². The normalized spacial score (nSPS) is 17.8. The van der Waals surface area contributed by atoms with Gasteiger partial charge in [0.05, 0.1) is 0 Å². The summed E-state index contributed by atoms with van der Waals surface area (Å²) in [5.41, 5.74) is 1.24. The minimum absolute atomic E-state index is 0.515. The van der Waals surface area contributed by atoms with Crippen LogP contribution < -0.4 is 0 Å². The van der Waals surface area contributed by atoms with Gasteiger partial charge in [-0.2, -0.15) is 0 Å². The molecule has 1 amide bonds. The predicted molar refractivity (Wildman–Crippen MR) is 58.9 cm³/mol. The van der Waals surface area contributed by atoms with Crippen LogP contribution in [0.5, 0.6) is 0 Å². The molecule has 3 nitrogen and oxygen atoms in total. The van der Waals surface area contributed by atoms with Crippen molar-refractivity contribution in [2.24, 2.45) is 0 Å². The van der Waals surface area contributed by atoms with Crippen LogP contribution in [0.1, 0.15) is 24.3 Å². The van der Waals surface area contributed by atoms with Gasteiger partial charge in [0.25, 0.3) is 0 Å². The van der Waals surface area contributed by atoms with Crippen molar-refractivity contribution < 1.29 is 4.79 Å². The molecule has 0 unspecified atom stereocenters. The molecule has 2 heterocycles. The lowest BCUT2D eigenvalue weighted by molar-refractivity contribution is -0.119. The lowest BCUT2D eigenvalue weighted by atomic mass is 9.90. The SMILES string of the molecule is O=CN1CCC(c2ccnc(Cl)c2)CC1. The molecule has 15 heavy (non-hydrogen) atoms. The molecule has 2 rings (SSSR count). The van der Waals surface area contributed by atoms with Crippen LogP contribution in [-0.4, -0.2) is 29.4 Å².